The van der Waals surface area contributed by atoms with Crippen LogP contribution < -0.4 is 5.32 Å². The highest BCUT2D eigenvalue weighted by Gasteiger charge is 2.20. The number of aromatic nitrogens is 3. The Hall–Kier alpha value is -1.28. The van der Waals surface area contributed by atoms with E-state index in [0.29, 0.717) is 25.6 Å². The van der Waals surface area contributed by atoms with E-state index in [4.69, 9.17) is 0 Å². The van der Waals surface area contributed by atoms with Crippen molar-refractivity contribution in [1.29, 1.82) is 0 Å². The molecule has 1 N–H and O–H groups in total. The minimum Gasteiger partial charge on any atom is -0.352 e. The van der Waals surface area contributed by atoms with Crippen LogP contribution >= 0.6 is 0 Å². The summed E-state index contributed by atoms with van der Waals surface area (Å²) in [6.07, 6.45) is 1.68. The van der Waals surface area contributed by atoms with Crippen molar-refractivity contribution in [2.24, 2.45) is 0 Å². The highest BCUT2D eigenvalue weighted by atomic mass is 32.2. The molecule has 8 heteroatoms. The van der Waals surface area contributed by atoms with Crippen LogP contribution in [0.25, 0.3) is 0 Å². The van der Waals surface area contributed by atoms with E-state index in [0.717, 1.165) is 30.8 Å². The van der Waals surface area contributed by atoms with Crippen LogP contribution in [0.2, 0.25) is 0 Å². The zero-order valence-electron chi connectivity index (χ0n) is 12.7. The minimum atomic E-state index is -2.81. The molecule has 0 spiro atoms. The van der Waals surface area contributed by atoms with Crippen molar-refractivity contribution in [3.05, 3.63) is 11.4 Å². The molecule has 0 aromatic carbocycles. The fourth-order valence-electron chi connectivity index (χ4n) is 2.31. The van der Waals surface area contributed by atoms with Crippen LogP contribution in [-0.2, 0) is 22.7 Å². The number of nitrogens with zero attached hydrogens (tertiary/aromatic N) is 4. The Morgan fingerprint density at radius 1 is 1.10 bits per heavy atom. The molecule has 2 heterocycles. The van der Waals surface area contributed by atoms with Crippen molar-refractivity contribution >= 4 is 15.8 Å². The maximum absolute atomic E-state index is 11.4. The molecule has 0 aliphatic carbocycles. The lowest BCUT2D eigenvalue weighted by molar-refractivity contribution is 0.307. The summed E-state index contributed by atoms with van der Waals surface area (Å²) in [5, 5.41) is 11.4. The van der Waals surface area contributed by atoms with Crippen molar-refractivity contribution in [1.82, 2.24) is 20.1 Å². The van der Waals surface area contributed by atoms with Gasteiger partial charge in [0, 0.05) is 26.2 Å². The Morgan fingerprint density at radius 3 is 2.38 bits per heavy atom. The van der Waals surface area contributed by atoms with E-state index < -0.39 is 9.84 Å². The number of hydrogen-bond acceptors (Lipinski definition) is 7. The summed E-state index contributed by atoms with van der Waals surface area (Å²) in [6, 6.07) is 0. The highest BCUT2D eigenvalue weighted by Crippen LogP contribution is 2.07. The van der Waals surface area contributed by atoms with E-state index >= 15 is 0 Å². The molecule has 1 aliphatic rings. The maximum atomic E-state index is 11.4. The maximum Gasteiger partial charge on any atom is 0.243 e. The van der Waals surface area contributed by atoms with Gasteiger partial charge in [0.05, 0.1) is 22.9 Å². The first-order valence-corrected chi connectivity index (χ1v) is 9.25. The quantitative estimate of drug-likeness (QED) is 0.799. The predicted molar refractivity (Wildman–Crippen MR) is 82.2 cm³/mol. The molecule has 1 aromatic heterocycles. The van der Waals surface area contributed by atoms with Crippen molar-refractivity contribution in [2.45, 2.75) is 26.7 Å². The van der Waals surface area contributed by atoms with Gasteiger partial charge in [0.15, 0.2) is 9.84 Å². The Morgan fingerprint density at radius 2 is 1.76 bits per heavy atom. The molecule has 1 fully saturated rings. The van der Waals surface area contributed by atoms with Gasteiger partial charge in [-0.25, -0.2) is 13.4 Å². The average Bonchev–Trinajstić information content (AvgIpc) is 2.48. The summed E-state index contributed by atoms with van der Waals surface area (Å²) in [5.74, 6) is 1.07. The lowest BCUT2D eigenvalue weighted by Gasteiger charge is -2.26. The van der Waals surface area contributed by atoms with Crippen LogP contribution in [0.4, 0.5) is 5.95 Å². The van der Waals surface area contributed by atoms with Gasteiger partial charge in [0.25, 0.3) is 0 Å². The monoisotopic (exact) mass is 313 g/mol. The summed E-state index contributed by atoms with van der Waals surface area (Å²) >= 11 is 0. The van der Waals surface area contributed by atoms with Gasteiger partial charge in [-0.1, -0.05) is 13.8 Å². The van der Waals surface area contributed by atoms with Gasteiger partial charge in [-0.3, -0.25) is 4.90 Å². The van der Waals surface area contributed by atoms with Crippen LogP contribution in [0.1, 0.15) is 25.2 Å². The number of anilines is 1. The average molecular weight is 313 g/mol. The van der Waals surface area contributed by atoms with Crippen LogP contribution in [0.3, 0.4) is 0 Å². The molecule has 7 nitrogen and oxygen atoms in total. The summed E-state index contributed by atoms with van der Waals surface area (Å²) < 4.78 is 22.7. The Labute approximate surface area is 126 Å². The van der Waals surface area contributed by atoms with Crippen molar-refractivity contribution < 1.29 is 8.42 Å². The van der Waals surface area contributed by atoms with Gasteiger partial charge >= 0.3 is 0 Å². The van der Waals surface area contributed by atoms with E-state index in [1.807, 2.05) is 6.92 Å². The third kappa shape index (κ3) is 4.60. The van der Waals surface area contributed by atoms with E-state index in [1.54, 1.807) is 0 Å². The molecule has 1 saturated heterocycles. The van der Waals surface area contributed by atoms with Crippen molar-refractivity contribution in [3.8, 4) is 0 Å². The third-order valence-corrected chi connectivity index (χ3v) is 5.27. The number of nitrogens with one attached hydrogen (secondary N) is 1. The SMILES string of the molecule is CCc1nnc(NCCN2CCS(=O)(=O)CC2)nc1CC. The second kappa shape index (κ2) is 7.13. The van der Waals surface area contributed by atoms with Crippen LogP contribution in [-0.4, -0.2) is 66.2 Å². The Kier molecular flexibility index (Phi) is 5.46. The zero-order valence-corrected chi connectivity index (χ0v) is 13.5. The van der Waals surface area contributed by atoms with Gasteiger partial charge < -0.3 is 5.32 Å². The number of sulfone groups is 1. The molecule has 0 amide bonds. The van der Waals surface area contributed by atoms with Gasteiger partial charge in [-0.2, -0.15) is 5.10 Å². The van der Waals surface area contributed by atoms with Gasteiger partial charge in [-0.05, 0) is 12.8 Å². The molecule has 0 bridgehead atoms. The number of rotatable bonds is 6. The van der Waals surface area contributed by atoms with Gasteiger partial charge in [-0.15, -0.1) is 5.10 Å². The molecular formula is C13H23N5O2S. The molecule has 1 aliphatic heterocycles. The fraction of sp³-hybridized carbons (Fsp3) is 0.769. The second-order valence-corrected chi connectivity index (χ2v) is 7.46. The summed E-state index contributed by atoms with van der Waals surface area (Å²) in [7, 11) is -2.81. The predicted octanol–water partition coefficient (Wildman–Crippen LogP) is 0.139. The van der Waals surface area contributed by atoms with Crippen LogP contribution in [0, 0.1) is 0 Å². The topological polar surface area (TPSA) is 88.1 Å². The highest BCUT2D eigenvalue weighted by molar-refractivity contribution is 7.91. The van der Waals surface area contributed by atoms with E-state index in [1.165, 1.54) is 0 Å². The standard InChI is InChI=1S/C13H23N5O2S/c1-3-11-12(4-2)16-17-13(15-11)14-5-6-18-7-9-21(19,20)10-8-18/h3-10H2,1-2H3,(H,14,15,17). The molecule has 2 rings (SSSR count). The molecular weight excluding hydrogens is 290 g/mol. The zero-order chi connectivity index (χ0) is 15.3. The van der Waals surface area contributed by atoms with E-state index in [2.05, 4.69) is 32.3 Å². The molecule has 0 saturated carbocycles. The van der Waals surface area contributed by atoms with E-state index in [9.17, 15) is 8.42 Å². The van der Waals surface area contributed by atoms with Crippen LogP contribution in [0.15, 0.2) is 0 Å². The summed E-state index contributed by atoms with van der Waals surface area (Å²) in [4.78, 5) is 6.61. The normalized spacial score (nSPS) is 18.6. The molecule has 118 valence electrons. The largest absolute Gasteiger partial charge is 0.352 e. The first-order chi connectivity index (χ1) is 10.0. The van der Waals surface area contributed by atoms with Crippen LogP contribution in [0.5, 0.6) is 0 Å². The molecule has 21 heavy (non-hydrogen) atoms. The third-order valence-electron chi connectivity index (χ3n) is 3.66. The van der Waals surface area contributed by atoms with E-state index in [-0.39, 0.29) is 11.5 Å². The Bertz CT molecular complexity index is 562. The first kappa shape index (κ1) is 16.1. The molecule has 0 unspecified atom stereocenters. The van der Waals surface area contributed by atoms with Gasteiger partial charge in [0.2, 0.25) is 5.95 Å². The molecule has 0 atom stereocenters. The van der Waals surface area contributed by atoms with Gasteiger partial charge in [0.1, 0.15) is 0 Å². The second-order valence-electron chi connectivity index (χ2n) is 5.16. The van der Waals surface area contributed by atoms with Crippen molar-refractivity contribution in [2.75, 3.05) is 43.0 Å². The molecule has 1 aromatic rings. The smallest absolute Gasteiger partial charge is 0.243 e. The Balaban J connectivity index is 1.81. The molecule has 0 radical (unpaired) electrons. The fourth-order valence-corrected chi connectivity index (χ4v) is 3.59. The number of aryl methyl sites for hydroxylation is 2. The first-order valence-electron chi connectivity index (χ1n) is 7.43. The lowest BCUT2D eigenvalue weighted by Crippen LogP contribution is -2.42. The summed E-state index contributed by atoms with van der Waals surface area (Å²) in [5.41, 5.74) is 1.93. The minimum absolute atomic E-state index is 0.260. The lowest BCUT2D eigenvalue weighted by atomic mass is 10.2. The summed E-state index contributed by atoms with van der Waals surface area (Å²) in [6.45, 7) is 6.80. The van der Waals surface area contributed by atoms with Crippen molar-refractivity contribution in [3.63, 3.8) is 0 Å². The number of hydrogen-bond donors (Lipinski definition) is 1.